The van der Waals surface area contributed by atoms with Crippen molar-refractivity contribution in [2.75, 3.05) is 24.6 Å². The van der Waals surface area contributed by atoms with E-state index in [2.05, 4.69) is 26.1 Å². The molecular weight excluding hydrogens is 166 g/mol. The third-order valence-corrected chi connectivity index (χ3v) is 2.81. The standard InChI is InChI=1S/C10H23NS/c1-4-7-11-9-10(3)6-8-12-5-2/h10-11H,4-9H2,1-3H3. The second-order valence-electron chi connectivity index (χ2n) is 3.29. The molecule has 0 rings (SSSR count). The highest BCUT2D eigenvalue weighted by Crippen LogP contribution is 2.07. The largest absolute Gasteiger partial charge is 0.316 e. The molecule has 1 N–H and O–H groups in total. The van der Waals surface area contributed by atoms with Crippen molar-refractivity contribution >= 4 is 11.8 Å². The van der Waals surface area contributed by atoms with Gasteiger partial charge in [-0.2, -0.15) is 11.8 Å². The second-order valence-corrected chi connectivity index (χ2v) is 4.69. The minimum absolute atomic E-state index is 0.843. The quantitative estimate of drug-likeness (QED) is 0.589. The third-order valence-electron chi connectivity index (χ3n) is 1.88. The van der Waals surface area contributed by atoms with E-state index in [4.69, 9.17) is 0 Å². The zero-order valence-electron chi connectivity index (χ0n) is 8.73. The summed E-state index contributed by atoms with van der Waals surface area (Å²) in [5.41, 5.74) is 0. The van der Waals surface area contributed by atoms with Crippen LogP contribution in [0.25, 0.3) is 0 Å². The van der Waals surface area contributed by atoms with E-state index in [1.807, 2.05) is 11.8 Å². The smallest absolute Gasteiger partial charge is 0.00229 e. The van der Waals surface area contributed by atoms with Gasteiger partial charge < -0.3 is 5.32 Å². The monoisotopic (exact) mass is 189 g/mol. The molecule has 0 saturated heterocycles. The highest BCUT2D eigenvalue weighted by Gasteiger charge is 1.99. The van der Waals surface area contributed by atoms with Crippen LogP contribution in [0, 0.1) is 5.92 Å². The Morgan fingerprint density at radius 3 is 2.67 bits per heavy atom. The van der Waals surface area contributed by atoms with Crippen LogP contribution in [0.1, 0.15) is 33.6 Å². The predicted molar refractivity (Wildman–Crippen MR) is 59.9 cm³/mol. The van der Waals surface area contributed by atoms with Crippen LogP contribution in [0.5, 0.6) is 0 Å². The van der Waals surface area contributed by atoms with Gasteiger partial charge >= 0.3 is 0 Å². The van der Waals surface area contributed by atoms with Gasteiger partial charge in [0.15, 0.2) is 0 Å². The molecule has 0 aromatic heterocycles. The minimum atomic E-state index is 0.843. The number of rotatable bonds is 8. The first-order valence-corrected chi connectivity index (χ1v) is 6.25. The lowest BCUT2D eigenvalue weighted by Gasteiger charge is -2.11. The van der Waals surface area contributed by atoms with E-state index in [-0.39, 0.29) is 0 Å². The molecule has 0 saturated carbocycles. The lowest BCUT2D eigenvalue weighted by molar-refractivity contribution is 0.503. The molecule has 0 aliphatic heterocycles. The molecule has 0 bridgehead atoms. The van der Waals surface area contributed by atoms with Crippen LogP contribution in [0.2, 0.25) is 0 Å². The fourth-order valence-electron chi connectivity index (χ4n) is 1.06. The Morgan fingerprint density at radius 1 is 1.33 bits per heavy atom. The van der Waals surface area contributed by atoms with Gasteiger partial charge in [-0.05, 0) is 43.4 Å². The highest BCUT2D eigenvalue weighted by molar-refractivity contribution is 7.99. The van der Waals surface area contributed by atoms with Crippen molar-refractivity contribution in [2.24, 2.45) is 5.92 Å². The van der Waals surface area contributed by atoms with Gasteiger partial charge in [0.25, 0.3) is 0 Å². The van der Waals surface area contributed by atoms with Gasteiger partial charge in [-0.15, -0.1) is 0 Å². The van der Waals surface area contributed by atoms with Crippen molar-refractivity contribution in [3.05, 3.63) is 0 Å². The van der Waals surface area contributed by atoms with Crippen LogP contribution >= 0.6 is 11.8 Å². The molecule has 0 radical (unpaired) electrons. The van der Waals surface area contributed by atoms with Crippen molar-refractivity contribution in [2.45, 2.75) is 33.6 Å². The fourth-order valence-corrected chi connectivity index (χ4v) is 1.91. The van der Waals surface area contributed by atoms with Crippen LogP contribution in [0.4, 0.5) is 0 Å². The summed E-state index contributed by atoms with van der Waals surface area (Å²) in [6.45, 7) is 9.14. The van der Waals surface area contributed by atoms with Gasteiger partial charge in [-0.3, -0.25) is 0 Å². The Morgan fingerprint density at radius 2 is 2.08 bits per heavy atom. The first kappa shape index (κ1) is 12.3. The molecule has 0 fully saturated rings. The van der Waals surface area contributed by atoms with E-state index in [0.717, 1.165) is 5.92 Å². The molecule has 0 aromatic carbocycles. The lowest BCUT2D eigenvalue weighted by Crippen LogP contribution is -2.22. The Labute approximate surface area is 81.7 Å². The zero-order valence-corrected chi connectivity index (χ0v) is 9.54. The van der Waals surface area contributed by atoms with E-state index in [1.54, 1.807) is 0 Å². The van der Waals surface area contributed by atoms with E-state index in [0.29, 0.717) is 0 Å². The summed E-state index contributed by atoms with van der Waals surface area (Å²) >= 11 is 2.05. The van der Waals surface area contributed by atoms with E-state index in [1.165, 1.54) is 37.4 Å². The Balaban J connectivity index is 3.04. The molecule has 0 aliphatic carbocycles. The van der Waals surface area contributed by atoms with Crippen LogP contribution in [0.15, 0.2) is 0 Å². The summed E-state index contributed by atoms with van der Waals surface area (Å²) in [5.74, 6) is 3.43. The maximum absolute atomic E-state index is 3.45. The molecule has 74 valence electrons. The average molecular weight is 189 g/mol. The third kappa shape index (κ3) is 8.41. The van der Waals surface area contributed by atoms with Crippen molar-refractivity contribution in [3.63, 3.8) is 0 Å². The van der Waals surface area contributed by atoms with Crippen molar-refractivity contribution in [1.82, 2.24) is 5.32 Å². The lowest BCUT2D eigenvalue weighted by atomic mass is 10.1. The normalized spacial score (nSPS) is 13.2. The average Bonchev–Trinajstić information content (AvgIpc) is 2.06. The summed E-state index contributed by atoms with van der Waals surface area (Å²) in [7, 11) is 0. The SMILES string of the molecule is CCCNCC(C)CCSCC. The summed E-state index contributed by atoms with van der Waals surface area (Å²) in [4.78, 5) is 0. The Bertz CT molecular complexity index is 75.9. The summed E-state index contributed by atoms with van der Waals surface area (Å²) in [6, 6.07) is 0. The van der Waals surface area contributed by atoms with Crippen LogP contribution in [0.3, 0.4) is 0 Å². The second kappa shape index (κ2) is 9.40. The number of hydrogen-bond acceptors (Lipinski definition) is 2. The molecule has 0 aliphatic rings. The summed E-state index contributed by atoms with van der Waals surface area (Å²) in [5, 5.41) is 3.45. The van der Waals surface area contributed by atoms with Crippen molar-refractivity contribution in [1.29, 1.82) is 0 Å². The summed E-state index contributed by atoms with van der Waals surface area (Å²) < 4.78 is 0. The Hall–Kier alpha value is 0.310. The summed E-state index contributed by atoms with van der Waals surface area (Å²) in [6.07, 6.45) is 2.60. The van der Waals surface area contributed by atoms with E-state index in [9.17, 15) is 0 Å². The molecule has 0 heterocycles. The molecule has 0 amide bonds. The van der Waals surface area contributed by atoms with Crippen LogP contribution < -0.4 is 5.32 Å². The first-order chi connectivity index (χ1) is 5.81. The maximum Gasteiger partial charge on any atom is -0.00229 e. The highest BCUT2D eigenvalue weighted by atomic mass is 32.2. The maximum atomic E-state index is 3.45. The molecule has 0 aromatic rings. The predicted octanol–water partition coefficient (Wildman–Crippen LogP) is 2.77. The van der Waals surface area contributed by atoms with Gasteiger partial charge in [-0.25, -0.2) is 0 Å². The molecule has 12 heavy (non-hydrogen) atoms. The van der Waals surface area contributed by atoms with Gasteiger partial charge in [-0.1, -0.05) is 20.8 Å². The van der Waals surface area contributed by atoms with Crippen LogP contribution in [-0.2, 0) is 0 Å². The number of hydrogen-bond donors (Lipinski definition) is 1. The van der Waals surface area contributed by atoms with Crippen molar-refractivity contribution < 1.29 is 0 Å². The minimum Gasteiger partial charge on any atom is -0.316 e. The number of thioether (sulfide) groups is 1. The molecule has 1 nitrogen and oxygen atoms in total. The Kier molecular flexibility index (Phi) is 9.64. The molecule has 2 heteroatoms. The zero-order chi connectivity index (χ0) is 9.23. The van der Waals surface area contributed by atoms with E-state index < -0.39 is 0 Å². The molecular formula is C10H23NS. The van der Waals surface area contributed by atoms with Gasteiger partial charge in [0.2, 0.25) is 0 Å². The number of nitrogens with one attached hydrogen (secondary N) is 1. The van der Waals surface area contributed by atoms with Crippen molar-refractivity contribution in [3.8, 4) is 0 Å². The van der Waals surface area contributed by atoms with Crippen LogP contribution in [-0.4, -0.2) is 24.6 Å². The first-order valence-electron chi connectivity index (χ1n) is 5.09. The van der Waals surface area contributed by atoms with Gasteiger partial charge in [0.1, 0.15) is 0 Å². The topological polar surface area (TPSA) is 12.0 Å². The van der Waals surface area contributed by atoms with Gasteiger partial charge in [0, 0.05) is 0 Å². The molecule has 1 atom stereocenters. The fraction of sp³-hybridized carbons (Fsp3) is 1.00. The van der Waals surface area contributed by atoms with E-state index >= 15 is 0 Å². The molecule has 0 spiro atoms. The molecule has 1 unspecified atom stereocenters. The van der Waals surface area contributed by atoms with Gasteiger partial charge in [0.05, 0.1) is 0 Å².